The van der Waals surface area contributed by atoms with Crippen molar-refractivity contribution in [2.24, 2.45) is 0 Å². The zero-order valence-electron chi connectivity index (χ0n) is 21.1. The van der Waals surface area contributed by atoms with E-state index < -0.39 is 36.2 Å². The molecule has 3 aromatic carbocycles. The Morgan fingerprint density at radius 3 is 2.60 bits per heavy atom. The van der Waals surface area contributed by atoms with Crippen LogP contribution in [0.1, 0.15) is 28.4 Å². The molecule has 0 saturated carbocycles. The number of hydrogen-bond donors (Lipinski definition) is 3. The van der Waals surface area contributed by atoms with Crippen LogP contribution in [0.15, 0.2) is 66.4 Å². The van der Waals surface area contributed by atoms with Crippen LogP contribution < -0.4 is 20.1 Å². The summed E-state index contributed by atoms with van der Waals surface area (Å²) in [7, 11) is 0. The molecule has 3 N–H and O–H groups in total. The van der Waals surface area contributed by atoms with Crippen molar-refractivity contribution in [1.82, 2.24) is 10.2 Å². The lowest BCUT2D eigenvalue weighted by molar-refractivity contribution is -0.127. The number of ether oxygens (including phenoxy) is 2. The number of carboxylic acids is 1. The minimum absolute atomic E-state index is 0.0545. The largest absolute Gasteiger partial charge is 0.490 e. The van der Waals surface area contributed by atoms with Gasteiger partial charge < -0.3 is 25.2 Å². The average molecular weight is 659 g/mol. The number of para-hydroxylation sites is 1. The molecule has 4 rings (SSSR count). The first-order valence-electron chi connectivity index (χ1n) is 12.0. The summed E-state index contributed by atoms with van der Waals surface area (Å²) in [6.07, 6.45) is 1.44. The topological polar surface area (TPSA) is 134 Å². The lowest BCUT2D eigenvalue weighted by Crippen LogP contribution is -2.38. The maximum atomic E-state index is 13.8. The molecule has 1 aliphatic rings. The van der Waals surface area contributed by atoms with Crippen molar-refractivity contribution < 1.29 is 38.1 Å². The molecule has 1 fully saturated rings. The molecule has 40 heavy (non-hydrogen) atoms. The van der Waals surface area contributed by atoms with E-state index >= 15 is 0 Å². The number of benzene rings is 3. The minimum atomic E-state index is -1.04. The molecule has 3 aromatic rings. The molecule has 1 heterocycles. The van der Waals surface area contributed by atoms with E-state index in [9.17, 15) is 28.7 Å². The molecule has 0 aromatic heterocycles. The predicted molar refractivity (Wildman–Crippen MR) is 151 cm³/mol. The summed E-state index contributed by atoms with van der Waals surface area (Å²) in [5.74, 6) is -2.33. The number of nitrogens with one attached hydrogen (secondary N) is 2. The van der Waals surface area contributed by atoms with Gasteiger partial charge in [-0.25, -0.2) is 18.9 Å². The van der Waals surface area contributed by atoms with E-state index in [-0.39, 0.29) is 23.6 Å². The highest BCUT2D eigenvalue weighted by Gasteiger charge is 2.35. The highest BCUT2D eigenvalue weighted by molar-refractivity contribution is 14.1. The summed E-state index contributed by atoms with van der Waals surface area (Å²) in [5, 5.41) is 14.0. The Balaban J connectivity index is 1.50. The minimum Gasteiger partial charge on any atom is -0.490 e. The molecule has 0 aliphatic carbocycles. The van der Waals surface area contributed by atoms with E-state index in [4.69, 9.17) is 9.47 Å². The Labute approximate surface area is 241 Å². The quantitative estimate of drug-likeness (QED) is 0.164. The Kier molecular flexibility index (Phi) is 8.99. The van der Waals surface area contributed by atoms with Gasteiger partial charge in [-0.1, -0.05) is 24.3 Å². The summed E-state index contributed by atoms with van der Waals surface area (Å²) in [6.45, 7) is 1.61. The molecule has 10 nitrogen and oxygen atoms in total. The average Bonchev–Trinajstić information content (AvgIpc) is 3.17. The fourth-order valence-electron chi connectivity index (χ4n) is 3.80. The first kappa shape index (κ1) is 28.5. The van der Waals surface area contributed by atoms with Crippen molar-refractivity contribution >= 4 is 58.2 Å². The number of carbonyl (C=O) groups is 4. The number of aromatic carboxylic acids is 1. The maximum Gasteiger partial charge on any atom is 0.335 e. The highest BCUT2D eigenvalue weighted by atomic mass is 127. The zero-order chi connectivity index (χ0) is 28.8. The molecule has 0 atom stereocenters. The Bertz CT molecular complexity index is 1530. The van der Waals surface area contributed by atoms with Crippen molar-refractivity contribution in [3.63, 3.8) is 0 Å². The second-order valence-electron chi connectivity index (χ2n) is 8.46. The van der Waals surface area contributed by atoms with Gasteiger partial charge in [0.2, 0.25) is 5.91 Å². The van der Waals surface area contributed by atoms with Crippen LogP contribution in [0.4, 0.5) is 14.9 Å². The third-order valence-electron chi connectivity index (χ3n) is 5.61. The maximum absolute atomic E-state index is 13.8. The van der Waals surface area contributed by atoms with Gasteiger partial charge in [0.05, 0.1) is 21.4 Å². The number of carboxylic acid groups (broad SMARTS) is 1. The van der Waals surface area contributed by atoms with Crippen LogP contribution in [0.3, 0.4) is 0 Å². The van der Waals surface area contributed by atoms with E-state index in [1.807, 2.05) is 22.6 Å². The Hall–Kier alpha value is -4.46. The van der Waals surface area contributed by atoms with Crippen molar-refractivity contribution in [3.05, 3.63) is 92.4 Å². The van der Waals surface area contributed by atoms with Crippen molar-refractivity contribution in [3.8, 4) is 11.5 Å². The highest BCUT2D eigenvalue weighted by Crippen LogP contribution is 2.36. The zero-order valence-corrected chi connectivity index (χ0v) is 23.2. The molecule has 1 saturated heterocycles. The summed E-state index contributed by atoms with van der Waals surface area (Å²) < 4.78 is 26.2. The number of halogens is 2. The molecule has 0 unspecified atom stereocenters. The molecule has 0 radical (unpaired) electrons. The van der Waals surface area contributed by atoms with Crippen LogP contribution in [0.5, 0.6) is 11.5 Å². The third kappa shape index (κ3) is 6.75. The number of urea groups is 1. The van der Waals surface area contributed by atoms with Crippen molar-refractivity contribution in [2.45, 2.75) is 13.5 Å². The monoisotopic (exact) mass is 659 g/mol. The number of anilines is 1. The summed E-state index contributed by atoms with van der Waals surface area (Å²) in [4.78, 5) is 49.7. The van der Waals surface area contributed by atoms with Crippen LogP contribution in [-0.2, 0) is 16.2 Å². The fraction of sp³-hybridized carbons (Fsp3) is 0.143. The molecular weight excluding hydrogens is 636 g/mol. The van der Waals surface area contributed by atoms with Crippen LogP contribution in [0, 0.1) is 9.39 Å². The van der Waals surface area contributed by atoms with Gasteiger partial charge in [-0.3, -0.25) is 9.59 Å². The molecule has 4 amide bonds. The van der Waals surface area contributed by atoms with Crippen molar-refractivity contribution in [1.29, 1.82) is 0 Å². The smallest absolute Gasteiger partial charge is 0.335 e. The van der Waals surface area contributed by atoms with Gasteiger partial charge in [-0.2, -0.15) is 0 Å². The van der Waals surface area contributed by atoms with Gasteiger partial charge in [0, 0.05) is 0 Å². The fourth-order valence-corrected chi connectivity index (χ4v) is 4.58. The van der Waals surface area contributed by atoms with E-state index in [1.54, 1.807) is 37.3 Å². The molecule has 0 spiro atoms. The second kappa shape index (κ2) is 12.6. The van der Waals surface area contributed by atoms with Crippen LogP contribution in [0.2, 0.25) is 0 Å². The van der Waals surface area contributed by atoms with Gasteiger partial charge >= 0.3 is 12.0 Å². The Morgan fingerprint density at radius 1 is 1.10 bits per heavy atom. The number of imide groups is 1. The lowest BCUT2D eigenvalue weighted by atomic mass is 10.1. The number of hydrogen-bond acceptors (Lipinski definition) is 6. The summed E-state index contributed by atoms with van der Waals surface area (Å²) in [6, 6.07) is 14.5. The van der Waals surface area contributed by atoms with Crippen LogP contribution >= 0.6 is 22.6 Å². The lowest BCUT2D eigenvalue weighted by Gasteiger charge is -2.15. The SMILES string of the molecule is CCOc1cc(/C=C2/NC(=O)N(CC(=O)Nc3ccccc3F)C2=O)cc(I)c1OCc1cccc(C(=O)O)c1. The van der Waals surface area contributed by atoms with Gasteiger partial charge in [0.1, 0.15) is 24.7 Å². The third-order valence-corrected chi connectivity index (χ3v) is 6.41. The van der Waals surface area contributed by atoms with Crippen molar-refractivity contribution in [2.75, 3.05) is 18.5 Å². The number of amides is 4. The first-order chi connectivity index (χ1) is 19.2. The van der Waals surface area contributed by atoms with Gasteiger partial charge in [-0.15, -0.1) is 0 Å². The van der Waals surface area contributed by atoms with Crippen LogP contribution in [0.25, 0.3) is 6.08 Å². The van der Waals surface area contributed by atoms with E-state index in [0.29, 0.717) is 32.8 Å². The standard InChI is InChI=1S/C28H23FIN3O7/c1-2-39-23-13-17(11-20(30)25(23)40-15-16-6-5-7-18(10-16)27(36)37)12-22-26(35)33(28(38)32-22)14-24(34)31-21-9-4-3-8-19(21)29/h3-13H,2,14-15H2,1H3,(H,31,34)(H,32,38)(H,36,37)/b22-12+. The normalized spacial score (nSPS) is 13.8. The second-order valence-corrected chi connectivity index (χ2v) is 9.63. The van der Waals surface area contributed by atoms with Gasteiger partial charge in [0.15, 0.2) is 11.5 Å². The number of carbonyl (C=O) groups excluding carboxylic acids is 3. The molecular formula is C28H23FIN3O7. The molecule has 1 aliphatic heterocycles. The van der Waals surface area contributed by atoms with Gasteiger partial charge in [0.25, 0.3) is 5.91 Å². The first-order valence-corrected chi connectivity index (χ1v) is 13.0. The molecule has 12 heteroatoms. The molecule has 206 valence electrons. The summed E-state index contributed by atoms with van der Waals surface area (Å²) in [5.41, 5.74) is 1.20. The van der Waals surface area contributed by atoms with E-state index in [0.717, 1.165) is 4.90 Å². The molecule has 0 bridgehead atoms. The van der Waals surface area contributed by atoms with E-state index in [1.165, 1.54) is 36.4 Å². The van der Waals surface area contributed by atoms with E-state index in [2.05, 4.69) is 10.6 Å². The summed E-state index contributed by atoms with van der Waals surface area (Å²) >= 11 is 2.05. The predicted octanol–water partition coefficient (Wildman–Crippen LogP) is 4.64. The van der Waals surface area contributed by atoms with Gasteiger partial charge in [-0.05, 0) is 83.1 Å². The number of rotatable bonds is 10. The Morgan fingerprint density at radius 2 is 1.88 bits per heavy atom. The number of nitrogens with zero attached hydrogens (tertiary/aromatic N) is 1. The van der Waals surface area contributed by atoms with Crippen LogP contribution in [-0.4, -0.2) is 47.0 Å².